The first kappa shape index (κ1) is 29.3. The number of rotatable bonds is 5. The van der Waals surface area contributed by atoms with E-state index < -0.39 is 17.1 Å². The highest BCUT2D eigenvalue weighted by molar-refractivity contribution is 8.04. The van der Waals surface area contributed by atoms with Crippen LogP contribution in [0.1, 0.15) is 17.0 Å². The van der Waals surface area contributed by atoms with E-state index in [1.165, 1.54) is 12.1 Å². The largest absolute Gasteiger partial charge is 0.425 e. The number of carbonyl (C=O) groups is 1. The first-order valence-corrected chi connectivity index (χ1v) is 14.5. The highest BCUT2D eigenvalue weighted by Crippen LogP contribution is 2.55. The van der Waals surface area contributed by atoms with Crippen LogP contribution in [0, 0.1) is 18.3 Å². The number of carbonyl (C=O) groups excluding carboxylic acids is 1. The maximum atomic E-state index is 15.2. The van der Waals surface area contributed by atoms with Crippen LogP contribution in [0.4, 0.5) is 29.6 Å². The zero-order valence-electron chi connectivity index (χ0n) is 23.5. The highest BCUT2D eigenvalue weighted by Gasteiger charge is 2.62. The molecular weight excluding hydrogens is 591 g/mol. The van der Waals surface area contributed by atoms with E-state index in [0.717, 1.165) is 10.5 Å². The van der Waals surface area contributed by atoms with E-state index in [1.807, 2.05) is 11.0 Å². The molecule has 0 bridgehead atoms. The Morgan fingerprint density at radius 3 is 2.16 bits per heavy atom. The Bertz CT molecular complexity index is 1730. The molecule has 2 fully saturated rings. The standard InChI is InChI=1S/C31H26F3N7O2S/c1-21-12-14-22(15-13-21)30(31(32,33)34)36-29(42)41(24-10-6-3-7-11-24)27(44-30)25(20-35)26-37-38-28(39-16-18-43-19-17-39)40(26)23-8-4-2-5-9-23/h2-15H,16-19H2,1H3,(H,36,42)/b27-25-/t30-/m0/s1. The van der Waals surface area contributed by atoms with Crippen molar-refractivity contribution in [2.24, 2.45) is 0 Å². The number of hydrogen-bond acceptors (Lipinski definition) is 7. The van der Waals surface area contributed by atoms with Crippen LogP contribution in [-0.2, 0) is 9.61 Å². The molecule has 0 saturated carbocycles. The Morgan fingerprint density at radius 2 is 1.57 bits per heavy atom. The lowest BCUT2D eigenvalue weighted by Gasteiger charge is -2.44. The summed E-state index contributed by atoms with van der Waals surface area (Å²) in [6.45, 7) is 3.66. The lowest BCUT2D eigenvalue weighted by molar-refractivity contribution is -0.167. The molecule has 1 N–H and O–H groups in total. The van der Waals surface area contributed by atoms with Gasteiger partial charge >= 0.3 is 12.2 Å². The van der Waals surface area contributed by atoms with Gasteiger partial charge in [0.2, 0.25) is 10.8 Å². The van der Waals surface area contributed by atoms with E-state index >= 15 is 13.2 Å². The predicted molar refractivity (Wildman–Crippen MR) is 161 cm³/mol. The van der Waals surface area contributed by atoms with Crippen molar-refractivity contribution >= 4 is 35.0 Å². The van der Waals surface area contributed by atoms with Gasteiger partial charge in [0, 0.05) is 13.1 Å². The summed E-state index contributed by atoms with van der Waals surface area (Å²) in [6.07, 6.45) is -4.96. The molecule has 13 heteroatoms. The van der Waals surface area contributed by atoms with Crippen molar-refractivity contribution < 1.29 is 22.7 Å². The van der Waals surface area contributed by atoms with Gasteiger partial charge < -0.3 is 15.0 Å². The van der Waals surface area contributed by atoms with Gasteiger partial charge in [0.05, 0.1) is 24.6 Å². The van der Waals surface area contributed by atoms with Crippen molar-refractivity contribution in [1.82, 2.24) is 20.1 Å². The number of allylic oxidation sites excluding steroid dienone is 1. The zero-order chi connectivity index (χ0) is 30.9. The summed E-state index contributed by atoms with van der Waals surface area (Å²) in [5.41, 5.74) is 1.20. The molecule has 1 atom stereocenters. The molecule has 1 aromatic heterocycles. The number of thioether (sulfide) groups is 1. The average Bonchev–Trinajstić information content (AvgIpc) is 3.47. The minimum atomic E-state index is -4.96. The van der Waals surface area contributed by atoms with Gasteiger partial charge in [-0.15, -0.1) is 10.2 Å². The maximum Gasteiger partial charge on any atom is 0.425 e. The molecule has 2 amide bonds. The van der Waals surface area contributed by atoms with Crippen molar-refractivity contribution in [1.29, 1.82) is 5.26 Å². The molecule has 2 aliphatic rings. The van der Waals surface area contributed by atoms with Crippen molar-refractivity contribution in [3.63, 3.8) is 0 Å². The molecule has 224 valence electrons. The molecule has 9 nitrogen and oxygen atoms in total. The monoisotopic (exact) mass is 617 g/mol. The first-order chi connectivity index (χ1) is 21.2. The first-order valence-electron chi connectivity index (χ1n) is 13.7. The molecule has 44 heavy (non-hydrogen) atoms. The van der Waals surface area contributed by atoms with E-state index in [1.54, 1.807) is 78.2 Å². The average molecular weight is 618 g/mol. The zero-order valence-corrected chi connectivity index (χ0v) is 24.3. The molecule has 0 unspecified atom stereocenters. The highest BCUT2D eigenvalue weighted by atomic mass is 32.2. The van der Waals surface area contributed by atoms with Crippen LogP contribution in [-0.4, -0.2) is 53.3 Å². The number of morpholine rings is 1. The lowest BCUT2D eigenvalue weighted by Crippen LogP contribution is -2.61. The van der Waals surface area contributed by atoms with Crippen LogP contribution in [0.15, 0.2) is 90.0 Å². The van der Waals surface area contributed by atoms with Crippen LogP contribution in [0.2, 0.25) is 0 Å². The van der Waals surface area contributed by atoms with Gasteiger partial charge in [-0.25, -0.2) is 4.79 Å². The number of alkyl halides is 3. The van der Waals surface area contributed by atoms with Gasteiger partial charge in [0.1, 0.15) is 16.7 Å². The molecule has 2 aliphatic heterocycles. The van der Waals surface area contributed by atoms with Gasteiger partial charge in [-0.3, -0.25) is 9.47 Å². The number of aryl methyl sites for hydroxylation is 1. The quantitative estimate of drug-likeness (QED) is 0.275. The van der Waals surface area contributed by atoms with E-state index in [2.05, 4.69) is 21.6 Å². The minimum absolute atomic E-state index is 0.00157. The van der Waals surface area contributed by atoms with Gasteiger partial charge in [0.25, 0.3) is 0 Å². The van der Waals surface area contributed by atoms with Crippen LogP contribution >= 0.6 is 11.8 Å². The fourth-order valence-electron chi connectivity index (χ4n) is 5.12. The van der Waals surface area contributed by atoms with Crippen LogP contribution < -0.4 is 15.1 Å². The van der Waals surface area contributed by atoms with Crippen molar-refractivity contribution in [3.8, 4) is 11.8 Å². The van der Waals surface area contributed by atoms with E-state index in [9.17, 15) is 10.1 Å². The second kappa shape index (κ2) is 11.7. The summed E-state index contributed by atoms with van der Waals surface area (Å²) in [5, 5.41) is 21.4. The van der Waals surface area contributed by atoms with Gasteiger partial charge in [-0.1, -0.05) is 78.0 Å². The SMILES string of the molecule is Cc1ccc([C@]2(C(F)(F)F)NC(=O)N(c3ccccc3)/C(=C(\C#N)c3nnc(N4CCOCC4)n3-c3ccccc3)S2)cc1. The molecule has 0 spiro atoms. The molecule has 4 aromatic rings. The Labute approximate surface area is 255 Å². The number of amides is 2. The smallest absolute Gasteiger partial charge is 0.378 e. The minimum Gasteiger partial charge on any atom is -0.378 e. The molecule has 2 saturated heterocycles. The fraction of sp³-hybridized carbons (Fsp3) is 0.226. The van der Waals surface area contributed by atoms with E-state index in [0.29, 0.717) is 49.7 Å². The summed E-state index contributed by atoms with van der Waals surface area (Å²) in [5.74, 6) is 0.401. The number of aromatic nitrogens is 3. The topological polar surface area (TPSA) is 99.3 Å². The third kappa shape index (κ3) is 5.16. The molecule has 0 aliphatic carbocycles. The number of nitriles is 1. The van der Waals surface area contributed by atoms with Gasteiger partial charge in [-0.05, 0) is 36.8 Å². The summed E-state index contributed by atoms with van der Waals surface area (Å²) in [7, 11) is 0. The number of nitrogens with one attached hydrogen (secondary N) is 1. The number of benzene rings is 3. The third-order valence-electron chi connectivity index (χ3n) is 7.31. The lowest BCUT2D eigenvalue weighted by atomic mass is 10.0. The van der Waals surface area contributed by atoms with Gasteiger partial charge in [-0.2, -0.15) is 18.4 Å². The van der Waals surface area contributed by atoms with Crippen LogP contribution in [0.5, 0.6) is 0 Å². The number of hydrogen-bond donors (Lipinski definition) is 1. The summed E-state index contributed by atoms with van der Waals surface area (Å²) in [6, 6.07) is 24.0. The Morgan fingerprint density at radius 1 is 0.955 bits per heavy atom. The van der Waals surface area contributed by atoms with Crippen molar-refractivity contribution in [2.45, 2.75) is 18.0 Å². The predicted octanol–water partition coefficient (Wildman–Crippen LogP) is 5.98. The number of nitrogens with zero attached hydrogens (tertiary/aromatic N) is 6. The second-order valence-electron chi connectivity index (χ2n) is 10.1. The van der Waals surface area contributed by atoms with Crippen LogP contribution in [0.3, 0.4) is 0 Å². The molecule has 3 aromatic carbocycles. The van der Waals surface area contributed by atoms with E-state index in [4.69, 9.17) is 4.74 Å². The Hall–Kier alpha value is -4.80. The molecular formula is C31H26F3N7O2S. The number of ether oxygens (including phenoxy) is 1. The summed E-state index contributed by atoms with van der Waals surface area (Å²) in [4.78, 5) is 14.0. The number of anilines is 2. The maximum absolute atomic E-state index is 15.2. The third-order valence-corrected chi connectivity index (χ3v) is 8.77. The number of urea groups is 1. The molecule has 3 heterocycles. The van der Waals surface area contributed by atoms with Gasteiger partial charge in [0.15, 0.2) is 5.82 Å². The Balaban J connectivity index is 1.63. The normalized spacial score (nSPS) is 20.2. The fourth-order valence-corrected chi connectivity index (χ4v) is 6.43. The number of para-hydroxylation sites is 2. The van der Waals surface area contributed by atoms with Crippen molar-refractivity contribution in [2.75, 3.05) is 36.1 Å². The van der Waals surface area contributed by atoms with E-state index in [-0.39, 0.29) is 27.7 Å². The van der Waals surface area contributed by atoms with Crippen LogP contribution in [0.25, 0.3) is 11.3 Å². The van der Waals surface area contributed by atoms with Crippen molar-refractivity contribution in [3.05, 3.63) is 107 Å². The molecule has 0 radical (unpaired) electrons. The summed E-state index contributed by atoms with van der Waals surface area (Å²) >= 11 is 0.339. The number of halogens is 3. The molecule has 6 rings (SSSR count). The summed E-state index contributed by atoms with van der Waals surface area (Å²) < 4.78 is 52.8. The Kier molecular flexibility index (Phi) is 7.79. The second-order valence-corrected chi connectivity index (χ2v) is 11.3.